The van der Waals surface area contributed by atoms with Crippen LogP contribution in [0, 0.1) is 0 Å². The number of ether oxygens (including phenoxy) is 2. The highest BCUT2D eigenvalue weighted by atomic mass is 35.5. The van der Waals surface area contributed by atoms with E-state index in [0.29, 0.717) is 27.8 Å². The molecule has 0 aromatic heterocycles. The Bertz CT molecular complexity index is 1020. The number of hydrogen-bond donors (Lipinski definition) is 1. The van der Waals surface area contributed by atoms with E-state index in [9.17, 15) is 4.79 Å². The van der Waals surface area contributed by atoms with Crippen molar-refractivity contribution >= 4 is 40.2 Å². The third kappa shape index (κ3) is 4.72. The van der Waals surface area contributed by atoms with Crippen molar-refractivity contribution in [2.75, 3.05) is 26.1 Å². The van der Waals surface area contributed by atoms with Gasteiger partial charge in [0.15, 0.2) is 18.1 Å². The maximum absolute atomic E-state index is 12.0. The van der Waals surface area contributed by atoms with Gasteiger partial charge < -0.3 is 19.6 Å². The molecule has 7 heteroatoms. The summed E-state index contributed by atoms with van der Waals surface area (Å²) in [5.41, 5.74) is 1.35. The number of hydrogen-bond acceptors (Lipinski definition) is 5. The first-order valence-corrected chi connectivity index (χ1v) is 8.84. The number of rotatable bonds is 7. The van der Waals surface area contributed by atoms with Crippen LogP contribution < -0.4 is 14.8 Å². The summed E-state index contributed by atoms with van der Waals surface area (Å²) in [4.78, 5) is 17.1. The van der Waals surface area contributed by atoms with Gasteiger partial charge in [0.2, 0.25) is 0 Å². The van der Waals surface area contributed by atoms with Crippen LogP contribution >= 0.6 is 11.6 Å². The number of nitrogens with one attached hydrogen (secondary N) is 1. The molecule has 0 unspecified atom stereocenters. The predicted molar refractivity (Wildman–Crippen MR) is 111 cm³/mol. The zero-order valence-corrected chi connectivity index (χ0v) is 16.2. The molecule has 3 aromatic rings. The van der Waals surface area contributed by atoms with Gasteiger partial charge in [-0.05, 0) is 35.0 Å². The number of anilines is 1. The average Bonchev–Trinajstić information content (AvgIpc) is 2.70. The number of methoxy groups -OCH3 is 2. The first kappa shape index (κ1) is 19.5. The third-order valence-electron chi connectivity index (χ3n) is 3.96. The number of amides is 1. The molecule has 1 N–H and O–H groups in total. The maximum atomic E-state index is 12.0. The normalized spacial score (nSPS) is 10.8. The standard InChI is InChI=1S/C21H19ClN2O4/c1-26-19-10-14(9-18(22)21(19)27-2)12-23-28-13-20(25)24-17-8-7-15-5-3-4-6-16(15)11-17/h3-12H,13H2,1-2H3,(H,24,25)/b23-12+. The summed E-state index contributed by atoms with van der Waals surface area (Å²) in [6.07, 6.45) is 1.44. The van der Waals surface area contributed by atoms with Crippen molar-refractivity contribution in [2.45, 2.75) is 0 Å². The molecule has 3 rings (SSSR count). The molecule has 0 bridgehead atoms. The molecule has 1 amide bonds. The van der Waals surface area contributed by atoms with Crippen LogP contribution in [0.2, 0.25) is 5.02 Å². The Morgan fingerprint density at radius 1 is 1.07 bits per heavy atom. The number of halogens is 1. The average molecular weight is 399 g/mol. The van der Waals surface area contributed by atoms with Gasteiger partial charge in [-0.1, -0.05) is 47.1 Å². The number of fused-ring (bicyclic) bond motifs is 1. The lowest BCUT2D eigenvalue weighted by atomic mass is 10.1. The summed E-state index contributed by atoms with van der Waals surface area (Å²) in [6.45, 7) is -0.218. The second-order valence-corrected chi connectivity index (χ2v) is 6.26. The molecule has 0 heterocycles. The molecule has 0 aliphatic carbocycles. The summed E-state index contributed by atoms with van der Waals surface area (Å²) >= 11 is 6.14. The Morgan fingerprint density at radius 3 is 2.61 bits per heavy atom. The largest absolute Gasteiger partial charge is 0.493 e. The quantitative estimate of drug-likeness (QED) is 0.470. The fourth-order valence-corrected chi connectivity index (χ4v) is 2.97. The minimum atomic E-state index is -0.308. The lowest BCUT2D eigenvalue weighted by Crippen LogP contribution is -2.16. The van der Waals surface area contributed by atoms with Crippen LogP contribution in [0.1, 0.15) is 5.56 Å². The topological polar surface area (TPSA) is 69.2 Å². The van der Waals surface area contributed by atoms with Crippen molar-refractivity contribution in [3.8, 4) is 11.5 Å². The summed E-state index contributed by atoms with van der Waals surface area (Å²) < 4.78 is 10.4. The van der Waals surface area contributed by atoms with Gasteiger partial charge in [-0.25, -0.2) is 0 Å². The Balaban J connectivity index is 1.56. The zero-order valence-electron chi connectivity index (χ0n) is 15.4. The monoisotopic (exact) mass is 398 g/mol. The van der Waals surface area contributed by atoms with Crippen LogP contribution in [0.3, 0.4) is 0 Å². The van der Waals surface area contributed by atoms with Crippen molar-refractivity contribution in [1.29, 1.82) is 0 Å². The van der Waals surface area contributed by atoms with E-state index in [-0.39, 0.29) is 12.5 Å². The van der Waals surface area contributed by atoms with Gasteiger partial charge in [-0.15, -0.1) is 0 Å². The minimum Gasteiger partial charge on any atom is -0.493 e. The molecule has 0 saturated heterocycles. The van der Waals surface area contributed by atoms with Crippen molar-refractivity contribution in [2.24, 2.45) is 5.16 Å². The van der Waals surface area contributed by atoms with Crippen LogP contribution in [0.15, 0.2) is 59.8 Å². The SMILES string of the molecule is COc1cc(/C=N/OCC(=O)Nc2ccc3ccccc3c2)cc(Cl)c1OC. The first-order valence-electron chi connectivity index (χ1n) is 8.46. The molecule has 6 nitrogen and oxygen atoms in total. The number of oxime groups is 1. The van der Waals surface area contributed by atoms with E-state index in [1.54, 1.807) is 12.1 Å². The molecule has 144 valence electrons. The Kier molecular flexibility index (Phi) is 6.34. The lowest BCUT2D eigenvalue weighted by Gasteiger charge is -2.09. The van der Waals surface area contributed by atoms with E-state index in [4.69, 9.17) is 25.9 Å². The van der Waals surface area contributed by atoms with Gasteiger partial charge in [0.05, 0.1) is 25.5 Å². The third-order valence-corrected chi connectivity index (χ3v) is 4.24. The van der Waals surface area contributed by atoms with Gasteiger partial charge in [0, 0.05) is 11.3 Å². The lowest BCUT2D eigenvalue weighted by molar-refractivity contribution is -0.120. The summed E-state index contributed by atoms with van der Waals surface area (Å²) in [5, 5.41) is 9.12. The number of carbonyl (C=O) groups excluding carboxylic acids is 1. The first-order chi connectivity index (χ1) is 13.6. The minimum absolute atomic E-state index is 0.218. The molecule has 0 fully saturated rings. The van der Waals surface area contributed by atoms with E-state index in [1.807, 2.05) is 42.5 Å². The highest BCUT2D eigenvalue weighted by Crippen LogP contribution is 2.35. The van der Waals surface area contributed by atoms with Crippen molar-refractivity contribution < 1.29 is 19.1 Å². The predicted octanol–water partition coefficient (Wildman–Crippen LogP) is 4.50. The van der Waals surface area contributed by atoms with Crippen molar-refractivity contribution in [1.82, 2.24) is 0 Å². The van der Waals surface area contributed by atoms with Crippen molar-refractivity contribution in [3.63, 3.8) is 0 Å². The van der Waals surface area contributed by atoms with E-state index in [0.717, 1.165) is 10.8 Å². The zero-order chi connectivity index (χ0) is 19.9. The van der Waals surface area contributed by atoms with E-state index in [1.165, 1.54) is 20.4 Å². The van der Waals surface area contributed by atoms with Crippen molar-refractivity contribution in [3.05, 3.63) is 65.2 Å². The highest BCUT2D eigenvalue weighted by molar-refractivity contribution is 6.32. The summed E-state index contributed by atoms with van der Waals surface area (Å²) in [6, 6.07) is 17.0. The molecule has 0 spiro atoms. The van der Waals surface area contributed by atoms with E-state index in [2.05, 4.69) is 10.5 Å². The smallest absolute Gasteiger partial charge is 0.265 e. The van der Waals surface area contributed by atoms with Gasteiger partial charge in [-0.2, -0.15) is 0 Å². The Labute approximate surface area is 167 Å². The molecule has 0 atom stereocenters. The van der Waals surface area contributed by atoms with Gasteiger partial charge in [0.1, 0.15) is 0 Å². The van der Waals surface area contributed by atoms with Crippen LogP contribution in [0.5, 0.6) is 11.5 Å². The second kappa shape index (κ2) is 9.10. The number of benzene rings is 3. The molecule has 3 aromatic carbocycles. The summed E-state index contributed by atoms with van der Waals surface area (Å²) in [7, 11) is 3.03. The fourth-order valence-electron chi connectivity index (χ4n) is 2.67. The highest BCUT2D eigenvalue weighted by Gasteiger charge is 2.10. The van der Waals surface area contributed by atoms with Gasteiger partial charge in [0.25, 0.3) is 5.91 Å². The number of nitrogens with zero attached hydrogens (tertiary/aromatic N) is 1. The number of carbonyl (C=O) groups is 1. The van der Waals surface area contributed by atoms with Crippen LogP contribution in [-0.4, -0.2) is 32.9 Å². The Morgan fingerprint density at radius 2 is 1.86 bits per heavy atom. The Hall–Kier alpha value is -3.25. The molecule has 0 saturated carbocycles. The van der Waals surface area contributed by atoms with Crippen LogP contribution in [0.25, 0.3) is 10.8 Å². The molecule has 0 radical (unpaired) electrons. The fraction of sp³-hybridized carbons (Fsp3) is 0.143. The molecule has 0 aliphatic heterocycles. The second-order valence-electron chi connectivity index (χ2n) is 5.86. The van der Waals surface area contributed by atoms with E-state index >= 15 is 0 Å². The molecular formula is C21H19ClN2O4. The van der Waals surface area contributed by atoms with E-state index < -0.39 is 0 Å². The maximum Gasteiger partial charge on any atom is 0.265 e. The molecular weight excluding hydrogens is 380 g/mol. The molecule has 28 heavy (non-hydrogen) atoms. The van der Waals surface area contributed by atoms with Gasteiger partial charge >= 0.3 is 0 Å². The van der Waals surface area contributed by atoms with Gasteiger partial charge in [-0.3, -0.25) is 4.79 Å². The molecule has 0 aliphatic rings. The van der Waals surface area contributed by atoms with Crippen LogP contribution in [0.4, 0.5) is 5.69 Å². The summed E-state index contributed by atoms with van der Waals surface area (Å²) in [5.74, 6) is 0.611. The van der Waals surface area contributed by atoms with Crippen LogP contribution in [-0.2, 0) is 9.63 Å².